The summed E-state index contributed by atoms with van der Waals surface area (Å²) in [4.78, 5) is 47.9. The molecule has 0 bridgehead atoms. The van der Waals surface area contributed by atoms with Crippen molar-refractivity contribution in [3.63, 3.8) is 0 Å². The van der Waals surface area contributed by atoms with Gasteiger partial charge in [-0.2, -0.15) is 5.10 Å². The number of hydrogen-bond acceptors (Lipinski definition) is 7. The largest absolute Gasteiger partial charge is 0.494 e. The predicted octanol–water partition coefficient (Wildman–Crippen LogP) is 2.55. The molecule has 0 spiro atoms. The Morgan fingerprint density at radius 1 is 1.15 bits per heavy atom. The van der Waals surface area contributed by atoms with Crippen LogP contribution in [-0.4, -0.2) is 67.8 Å². The molecule has 0 saturated carbocycles. The zero-order valence-corrected chi connectivity index (χ0v) is 23.0. The predicted molar refractivity (Wildman–Crippen MR) is 149 cm³/mol. The van der Waals surface area contributed by atoms with Crippen LogP contribution in [0.2, 0.25) is 0 Å². The van der Waals surface area contributed by atoms with Crippen LogP contribution < -0.4 is 21.1 Å². The fraction of sp³-hybridized carbons (Fsp3) is 0.333. The smallest absolute Gasteiger partial charge is 0.317 e. The summed E-state index contributed by atoms with van der Waals surface area (Å²) < 4.78 is 8.97. The van der Waals surface area contributed by atoms with Crippen molar-refractivity contribution in [3.05, 3.63) is 65.2 Å². The average molecular weight is 548 g/mol. The number of methoxy groups -OCH3 is 1. The third kappa shape index (κ3) is 6.20. The fourth-order valence-electron chi connectivity index (χ4n) is 4.38. The van der Waals surface area contributed by atoms with Crippen LogP contribution in [0, 0.1) is 6.92 Å². The molecule has 0 aliphatic rings. The van der Waals surface area contributed by atoms with Crippen LogP contribution >= 0.6 is 0 Å². The number of ether oxygens (including phenoxy) is 1. The van der Waals surface area contributed by atoms with Gasteiger partial charge in [0.1, 0.15) is 17.0 Å². The summed E-state index contributed by atoms with van der Waals surface area (Å²) >= 11 is 0. The van der Waals surface area contributed by atoms with Gasteiger partial charge in [0.05, 0.1) is 18.3 Å². The number of anilines is 1. The highest BCUT2D eigenvalue weighted by Crippen LogP contribution is 2.31. The Balaban J connectivity index is 1.55. The Kier molecular flexibility index (Phi) is 8.62. The van der Waals surface area contributed by atoms with Crippen LogP contribution in [0.15, 0.2) is 42.7 Å². The Morgan fingerprint density at radius 2 is 1.90 bits per heavy atom. The maximum atomic E-state index is 13.2. The van der Waals surface area contributed by atoms with Gasteiger partial charge in [0, 0.05) is 51.2 Å². The van der Waals surface area contributed by atoms with Crippen LogP contribution in [0.4, 0.5) is 10.7 Å². The first-order valence-electron chi connectivity index (χ1n) is 12.8. The number of fused-ring (bicyclic) bond motifs is 1. The Bertz CT molecular complexity index is 1530. The molecule has 4 aromatic rings. The molecule has 13 heteroatoms. The van der Waals surface area contributed by atoms with E-state index in [9.17, 15) is 14.4 Å². The van der Waals surface area contributed by atoms with Crippen molar-refractivity contribution in [2.24, 2.45) is 5.73 Å². The number of aromatic nitrogens is 5. The summed E-state index contributed by atoms with van der Waals surface area (Å²) in [5.41, 5.74) is 8.85. The number of nitrogens with two attached hydrogens (primary N) is 1. The Morgan fingerprint density at radius 3 is 2.58 bits per heavy atom. The quantitative estimate of drug-likeness (QED) is 0.243. The molecule has 0 radical (unpaired) electrons. The van der Waals surface area contributed by atoms with E-state index in [1.54, 1.807) is 51.8 Å². The highest BCUT2D eigenvalue weighted by Gasteiger charge is 2.21. The topological polar surface area (TPSA) is 162 Å². The summed E-state index contributed by atoms with van der Waals surface area (Å²) in [6, 6.07) is 8.30. The van der Waals surface area contributed by atoms with Crippen molar-refractivity contribution in [2.75, 3.05) is 26.0 Å². The van der Waals surface area contributed by atoms with Gasteiger partial charge in [-0.1, -0.05) is 0 Å². The number of benzene rings is 1. The number of urea groups is 1. The van der Waals surface area contributed by atoms with Gasteiger partial charge in [0.2, 0.25) is 11.9 Å². The second-order valence-corrected chi connectivity index (χ2v) is 9.24. The number of pyridine rings is 1. The molecule has 210 valence electrons. The summed E-state index contributed by atoms with van der Waals surface area (Å²) in [5, 5.41) is 10.1. The number of nitrogens with zero attached hydrogens (tertiary/aromatic N) is 6. The SMILES string of the molecule is CCn1nc(C)cc1C(=O)Nc1nc2cc(C(N)=O)cc(OC)c2n1CCCNC(=O)N(C)Cc1ccncc1. The van der Waals surface area contributed by atoms with Gasteiger partial charge in [0.15, 0.2) is 0 Å². The van der Waals surface area contributed by atoms with Crippen molar-refractivity contribution in [1.82, 2.24) is 34.5 Å². The number of carbonyl (C=O) groups excluding carboxylic acids is 3. The summed E-state index contributed by atoms with van der Waals surface area (Å²) in [7, 11) is 3.20. The van der Waals surface area contributed by atoms with Crippen molar-refractivity contribution >= 4 is 34.8 Å². The lowest BCUT2D eigenvalue weighted by molar-refractivity contribution is 0.0995. The normalized spacial score (nSPS) is 10.9. The molecule has 0 unspecified atom stereocenters. The number of amides is 4. The van der Waals surface area contributed by atoms with E-state index in [-0.39, 0.29) is 23.5 Å². The third-order valence-electron chi connectivity index (χ3n) is 6.32. The lowest BCUT2D eigenvalue weighted by atomic mass is 10.1. The molecule has 0 fully saturated rings. The maximum absolute atomic E-state index is 13.2. The highest BCUT2D eigenvalue weighted by atomic mass is 16.5. The Hall–Kier alpha value is -4.94. The van der Waals surface area contributed by atoms with Crippen LogP contribution in [0.3, 0.4) is 0 Å². The van der Waals surface area contributed by atoms with Crippen LogP contribution in [0.5, 0.6) is 5.75 Å². The minimum absolute atomic E-state index is 0.215. The summed E-state index contributed by atoms with van der Waals surface area (Å²) in [6.45, 7) is 5.45. The summed E-state index contributed by atoms with van der Waals surface area (Å²) in [6.07, 6.45) is 3.89. The van der Waals surface area contributed by atoms with E-state index < -0.39 is 5.91 Å². The van der Waals surface area contributed by atoms with E-state index in [1.165, 1.54) is 7.11 Å². The molecular formula is C27H33N9O4. The van der Waals surface area contributed by atoms with Crippen molar-refractivity contribution in [1.29, 1.82) is 0 Å². The van der Waals surface area contributed by atoms with E-state index in [0.717, 1.165) is 11.3 Å². The van der Waals surface area contributed by atoms with Gasteiger partial charge < -0.3 is 25.3 Å². The fourth-order valence-corrected chi connectivity index (χ4v) is 4.38. The molecule has 0 aliphatic heterocycles. The maximum Gasteiger partial charge on any atom is 0.317 e. The highest BCUT2D eigenvalue weighted by molar-refractivity contribution is 6.04. The minimum Gasteiger partial charge on any atom is -0.494 e. The van der Waals surface area contributed by atoms with Crippen LogP contribution in [0.1, 0.15) is 45.4 Å². The molecule has 1 aromatic carbocycles. The number of nitrogens with one attached hydrogen (secondary N) is 2. The average Bonchev–Trinajstić information content (AvgIpc) is 3.50. The van der Waals surface area contributed by atoms with E-state index in [0.29, 0.717) is 55.1 Å². The zero-order valence-electron chi connectivity index (χ0n) is 23.0. The first kappa shape index (κ1) is 28.1. The molecule has 0 atom stereocenters. The molecule has 3 aromatic heterocycles. The van der Waals surface area contributed by atoms with Gasteiger partial charge in [-0.25, -0.2) is 9.78 Å². The molecule has 4 N–H and O–H groups in total. The first-order chi connectivity index (χ1) is 19.2. The molecule has 3 heterocycles. The molecule has 4 amide bonds. The molecule has 0 saturated heterocycles. The van der Waals surface area contributed by atoms with Gasteiger partial charge in [-0.15, -0.1) is 0 Å². The summed E-state index contributed by atoms with van der Waals surface area (Å²) in [5.74, 6) is -0.349. The van der Waals surface area contributed by atoms with Crippen LogP contribution in [0.25, 0.3) is 11.0 Å². The van der Waals surface area contributed by atoms with E-state index in [2.05, 4.69) is 25.7 Å². The number of aryl methyl sites for hydroxylation is 3. The molecular weight excluding hydrogens is 514 g/mol. The second kappa shape index (κ2) is 12.3. The molecule has 0 aliphatic carbocycles. The zero-order chi connectivity index (χ0) is 28.8. The van der Waals surface area contributed by atoms with Crippen molar-refractivity contribution in [3.8, 4) is 5.75 Å². The number of hydrogen-bond donors (Lipinski definition) is 3. The van der Waals surface area contributed by atoms with Crippen molar-refractivity contribution < 1.29 is 19.1 Å². The minimum atomic E-state index is -0.624. The standard InChI is InChI=1S/C27H33N9O4/c1-5-36-21(13-17(2)33-36)25(38)32-26-31-20-14-19(24(28)37)15-22(40-4)23(20)35(26)12-6-9-30-27(39)34(3)16-18-7-10-29-11-8-18/h7-8,10-11,13-15H,5-6,9,12,16H2,1-4H3,(H2,28,37)(H,30,39)(H,31,32,38). The number of primary amides is 1. The lowest BCUT2D eigenvalue weighted by Crippen LogP contribution is -2.37. The number of imidazole rings is 1. The molecule has 40 heavy (non-hydrogen) atoms. The van der Waals surface area contributed by atoms with Gasteiger partial charge in [-0.05, 0) is 56.2 Å². The van der Waals surface area contributed by atoms with Crippen LogP contribution in [-0.2, 0) is 19.6 Å². The third-order valence-corrected chi connectivity index (χ3v) is 6.32. The molecule has 13 nitrogen and oxygen atoms in total. The number of rotatable bonds is 11. The molecule has 4 rings (SSSR count). The van der Waals surface area contributed by atoms with E-state index in [1.807, 2.05) is 26.0 Å². The van der Waals surface area contributed by atoms with Gasteiger partial charge in [0.25, 0.3) is 5.91 Å². The van der Waals surface area contributed by atoms with E-state index in [4.69, 9.17) is 10.5 Å². The second-order valence-electron chi connectivity index (χ2n) is 9.24. The van der Waals surface area contributed by atoms with E-state index >= 15 is 0 Å². The Labute approximate surface area is 231 Å². The van der Waals surface area contributed by atoms with Gasteiger partial charge >= 0.3 is 6.03 Å². The number of carbonyl (C=O) groups is 3. The first-order valence-corrected chi connectivity index (χ1v) is 12.8. The van der Waals surface area contributed by atoms with Gasteiger partial charge in [-0.3, -0.25) is 24.6 Å². The monoisotopic (exact) mass is 547 g/mol. The lowest BCUT2D eigenvalue weighted by Gasteiger charge is -2.18. The van der Waals surface area contributed by atoms with Crippen molar-refractivity contribution in [2.45, 2.75) is 39.9 Å².